The van der Waals surface area contributed by atoms with Crippen LogP contribution in [0.3, 0.4) is 0 Å². The number of carbonyl (C=O) groups excluding carboxylic acids is 1. The first kappa shape index (κ1) is 17.1. The van der Waals surface area contributed by atoms with Crippen LogP contribution in [0.5, 0.6) is 0 Å². The van der Waals surface area contributed by atoms with E-state index in [-0.39, 0.29) is 23.4 Å². The molecule has 2 atom stereocenters. The van der Waals surface area contributed by atoms with Gasteiger partial charge in [-0.25, -0.2) is 0 Å². The van der Waals surface area contributed by atoms with E-state index >= 15 is 0 Å². The molecule has 0 unspecified atom stereocenters. The van der Waals surface area contributed by atoms with E-state index in [2.05, 4.69) is 23.4 Å². The molecule has 2 fully saturated rings. The molecule has 0 radical (unpaired) electrons. The number of amides is 1. The van der Waals surface area contributed by atoms with Gasteiger partial charge < -0.3 is 10.1 Å². The van der Waals surface area contributed by atoms with Gasteiger partial charge in [-0.1, -0.05) is 19.8 Å². The third-order valence-corrected chi connectivity index (χ3v) is 5.97. The molecule has 1 N–H and O–H groups in total. The molecule has 1 saturated heterocycles. The Morgan fingerprint density at radius 3 is 2.48 bits per heavy atom. The van der Waals surface area contributed by atoms with Crippen molar-refractivity contribution < 1.29 is 9.53 Å². The molecule has 5 heteroatoms. The topological polar surface area (TPSA) is 41.6 Å². The maximum absolute atomic E-state index is 12.4. The average Bonchev–Trinajstić information content (AvgIpc) is 2.99. The van der Waals surface area contributed by atoms with Crippen LogP contribution in [-0.2, 0) is 9.53 Å². The van der Waals surface area contributed by atoms with E-state index in [9.17, 15) is 4.79 Å². The highest BCUT2D eigenvalue weighted by Crippen LogP contribution is 2.38. The lowest BCUT2D eigenvalue weighted by molar-refractivity contribution is -0.126. The minimum absolute atomic E-state index is 0.0885. The molecule has 1 aliphatic carbocycles. The van der Waals surface area contributed by atoms with Crippen molar-refractivity contribution in [3.8, 4) is 0 Å². The van der Waals surface area contributed by atoms with Gasteiger partial charge in [0, 0.05) is 36.3 Å². The zero-order chi connectivity index (χ0) is 15.3. The van der Waals surface area contributed by atoms with Crippen molar-refractivity contribution in [2.24, 2.45) is 5.92 Å². The summed E-state index contributed by atoms with van der Waals surface area (Å²) in [7, 11) is 0. The van der Waals surface area contributed by atoms with E-state index in [0.29, 0.717) is 0 Å². The van der Waals surface area contributed by atoms with Crippen molar-refractivity contribution in [3.63, 3.8) is 0 Å². The Morgan fingerprint density at radius 1 is 1.29 bits per heavy atom. The summed E-state index contributed by atoms with van der Waals surface area (Å²) in [5.74, 6) is 1.19. The summed E-state index contributed by atoms with van der Waals surface area (Å²) in [6.07, 6.45) is 7.01. The maximum atomic E-state index is 12.4. The molecule has 0 aromatic heterocycles. The predicted octanol–water partition coefficient (Wildman–Crippen LogP) is 2.14. The summed E-state index contributed by atoms with van der Waals surface area (Å²) < 4.78 is 5.50. The Labute approximate surface area is 133 Å². The molecular formula is C16H30N2O2S. The van der Waals surface area contributed by atoms with Gasteiger partial charge in [-0.05, 0) is 26.0 Å². The number of nitrogens with one attached hydrogen (secondary N) is 1. The van der Waals surface area contributed by atoms with Gasteiger partial charge in [0.25, 0.3) is 0 Å². The second kappa shape index (κ2) is 7.84. The minimum atomic E-state index is 0.0885. The van der Waals surface area contributed by atoms with E-state index in [1.165, 1.54) is 25.7 Å². The van der Waals surface area contributed by atoms with Crippen molar-refractivity contribution in [1.82, 2.24) is 10.2 Å². The van der Waals surface area contributed by atoms with Crippen molar-refractivity contribution in [1.29, 1.82) is 0 Å². The molecule has 0 aromatic rings. The van der Waals surface area contributed by atoms with Crippen LogP contribution in [0, 0.1) is 5.92 Å². The number of morpholine rings is 1. The number of rotatable bonds is 6. The minimum Gasteiger partial charge on any atom is -0.379 e. The molecule has 0 bridgehead atoms. The number of ether oxygens (including phenoxy) is 1. The summed E-state index contributed by atoms with van der Waals surface area (Å²) in [6, 6.07) is 0.218. The number of nitrogens with zero attached hydrogens (tertiary/aromatic N) is 1. The fourth-order valence-corrected chi connectivity index (χ4v) is 4.49. The van der Waals surface area contributed by atoms with E-state index in [4.69, 9.17) is 4.74 Å². The van der Waals surface area contributed by atoms with E-state index in [1.54, 1.807) is 11.8 Å². The van der Waals surface area contributed by atoms with Gasteiger partial charge in [0.1, 0.15) is 0 Å². The summed E-state index contributed by atoms with van der Waals surface area (Å²) in [4.78, 5) is 14.9. The number of carbonyl (C=O) groups is 1. The maximum Gasteiger partial charge on any atom is 0.223 e. The van der Waals surface area contributed by atoms with Crippen LogP contribution < -0.4 is 5.32 Å². The Morgan fingerprint density at radius 2 is 1.90 bits per heavy atom. The average molecular weight is 314 g/mol. The molecule has 122 valence electrons. The van der Waals surface area contributed by atoms with Crippen LogP contribution in [0.4, 0.5) is 0 Å². The smallest absolute Gasteiger partial charge is 0.223 e. The van der Waals surface area contributed by atoms with E-state index in [0.717, 1.165) is 32.1 Å². The molecular weight excluding hydrogens is 284 g/mol. The Kier molecular flexibility index (Phi) is 6.38. The van der Waals surface area contributed by atoms with Gasteiger partial charge in [-0.15, -0.1) is 0 Å². The van der Waals surface area contributed by atoms with Crippen molar-refractivity contribution in [3.05, 3.63) is 0 Å². The van der Waals surface area contributed by atoms with Gasteiger partial charge in [-0.3, -0.25) is 9.69 Å². The Hall–Kier alpha value is -0.260. The lowest BCUT2D eigenvalue weighted by atomic mass is 9.86. The lowest BCUT2D eigenvalue weighted by Crippen LogP contribution is -2.62. The molecule has 2 rings (SSSR count). The highest BCUT2D eigenvalue weighted by atomic mass is 32.2. The molecule has 0 spiro atoms. The van der Waals surface area contributed by atoms with Crippen molar-refractivity contribution in [2.45, 2.75) is 51.1 Å². The Balaban J connectivity index is 2.01. The first-order valence-electron chi connectivity index (χ1n) is 8.22. The van der Waals surface area contributed by atoms with Crippen LogP contribution in [0.1, 0.15) is 39.5 Å². The molecule has 1 saturated carbocycles. The first-order chi connectivity index (χ1) is 10.1. The fourth-order valence-electron chi connectivity index (χ4n) is 3.83. The van der Waals surface area contributed by atoms with Crippen LogP contribution in [-0.4, -0.2) is 60.7 Å². The molecule has 4 nitrogen and oxygen atoms in total. The fraction of sp³-hybridized carbons (Fsp3) is 0.938. The summed E-state index contributed by atoms with van der Waals surface area (Å²) in [5.41, 5.74) is 0.151. The molecule has 1 amide bonds. The molecule has 2 aliphatic rings. The van der Waals surface area contributed by atoms with Crippen LogP contribution >= 0.6 is 11.8 Å². The quantitative estimate of drug-likeness (QED) is 0.815. The first-order valence-corrected chi connectivity index (χ1v) is 9.61. The summed E-state index contributed by atoms with van der Waals surface area (Å²) >= 11 is 1.74. The highest BCUT2D eigenvalue weighted by Gasteiger charge is 2.45. The number of hydrogen-bond donors (Lipinski definition) is 1. The number of thioether (sulfide) groups is 1. The Bertz CT molecular complexity index is 339. The van der Waals surface area contributed by atoms with E-state index in [1.807, 2.05) is 6.92 Å². The zero-order valence-electron chi connectivity index (χ0n) is 13.7. The van der Waals surface area contributed by atoms with Crippen molar-refractivity contribution >= 4 is 17.7 Å². The third-order valence-electron chi connectivity index (χ3n) is 5.14. The normalized spacial score (nSPS) is 25.5. The molecule has 21 heavy (non-hydrogen) atoms. The zero-order valence-corrected chi connectivity index (χ0v) is 14.5. The van der Waals surface area contributed by atoms with Gasteiger partial charge in [0.15, 0.2) is 0 Å². The van der Waals surface area contributed by atoms with Crippen LogP contribution in [0.25, 0.3) is 0 Å². The molecule has 1 heterocycles. The van der Waals surface area contributed by atoms with Crippen LogP contribution in [0.15, 0.2) is 0 Å². The largest absolute Gasteiger partial charge is 0.379 e. The third kappa shape index (κ3) is 3.93. The SMILES string of the molecule is CSC[C@H](C)C(=O)N[C@@H](C)C1(N2CCOCC2)CCCC1. The second-order valence-electron chi connectivity index (χ2n) is 6.50. The molecule has 1 aliphatic heterocycles. The van der Waals surface area contributed by atoms with Gasteiger partial charge in [-0.2, -0.15) is 11.8 Å². The van der Waals surface area contributed by atoms with Crippen molar-refractivity contribution in [2.75, 3.05) is 38.3 Å². The predicted molar refractivity (Wildman–Crippen MR) is 88.7 cm³/mol. The van der Waals surface area contributed by atoms with Gasteiger partial charge in [0.05, 0.1) is 13.2 Å². The molecule has 0 aromatic carbocycles. The lowest BCUT2D eigenvalue weighted by Gasteiger charge is -2.47. The van der Waals surface area contributed by atoms with Crippen LogP contribution in [0.2, 0.25) is 0 Å². The standard InChI is InChI=1S/C16H30N2O2S/c1-13(12-21-3)15(19)17-14(2)16(6-4-5-7-16)18-8-10-20-11-9-18/h13-14H,4-12H2,1-3H3,(H,17,19)/t13-,14-/m0/s1. The second-order valence-corrected chi connectivity index (χ2v) is 7.41. The summed E-state index contributed by atoms with van der Waals surface area (Å²) in [5, 5.41) is 3.31. The van der Waals surface area contributed by atoms with Gasteiger partial charge in [0.2, 0.25) is 5.91 Å². The highest BCUT2D eigenvalue weighted by molar-refractivity contribution is 7.98. The van der Waals surface area contributed by atoms with Gasteiger partial charge >= 0.3 is 0 Å². The summed E-state index contributed by atoms with van der Waals surface area (Å²) in [6.45, 7) is 7.87. The monoisotopic (exact) mass is 314 g/mol. The van der Waals surface area contributed by atoms with E-state index < -0.39 is 0 Å². The number of hydrogen-bond acceptors (Lipinski definition) is 4.